The number of benzene rings is 2. The Labute approximate surface area is 173 Å². The van der Waals surface area contributed by atoms with E-state index in [9.17, 15) is 4.79 Å². The molecular formula is C24H31N3O2. The summed E-state index contributed by atoms with van der Waals surface area (Å²) in [5.74, 6) is 0.168. The number of nitrogens with zero attached hydrogens (tertiary/aromatic N) is 2. The van der Waals surface area contributed by atoms with Crippen LogP contribution in [0.15, 0.2) is 36.4 Å². The number of morpholine rings is 1. The van der Waals surface area contributed by atoms with Crippen LogP contribution in [0.5, 0.6) is 0 Å². The summed E-state index contributed by atoms with van der Waals surface area (Å²) in [5, 5.41) is 3.55. The number of hydrogen-bond donors (Lipinski definition) is 1. The van der Waals surface area contributed by atoms with Crippen LogP contribution in [0.1, 0.15) is 28.7 Å². The molecule has 2 aromatic rings. The highest BCUT2D eigenvalue weighted by Crippen LogP contribution is 2.31. The van der Waals surface area contributed by atoms with Gasteiger partial charge in [-0.15, -0.1) is 0 Å². The Balaban J connectivity index is 1.49. The van der Waals surface area contributed by atoms with Crippen molar-refractivity contribution in [1.82, 2.24) is 4.90 Å². The van der Waals surface area contributed by atoms with Crippen LogP contribution in [0.25, 0.3) is 0 Å². The van der Waals surface area contributed by atoms with Crippen molar-refractivity contribution >= 4 is 17.3 Å². The molecule has 4 rings (SSSR count). The standard InChI is InChI=1S/C24H31N3O2/c1-17-14-18(2)23(19(3)15-17)27-9-8-22(24(27)28)25-21-7-5-4-6-20(21)16-26-10-12-29-13-11-26/h4-7,14-15,22,25H,8-13,16H2,1-3H3/t22-/m0/s1. The van der Waals surface area contributed by atoms with E-state index in [0.29, 0.717) is 0 Å². The van der Waals surface area contributed by atoms with Gasteiger partial charge < -0.3 is 15.0 Å². The molecule has 0 unspecified atom stereocenters. The van der Waals surface area contributed by atoms with Crippen LogP contribution >= 0.6 is 0 Å². The lowest BCUT2D eigenvalue weighted by Crippen LogP contribution is -2.36. The number of anilines is 2. The fourth-order valence-corrected chi connectivity index (χ4v) is 4.62. The van der Waals surface area contributed by atoms with Gasteiger partial charge in [-0.1, -0.05) is 35.9 Å². The summed E-state index contributed by atoms with van der Waals surface area (Å²) < 4.78 is 5.46. The van der Waals surface area contributed by atoms with Gasteiger partial charge in [-0.3, -0.25) is 9.69 Å². The highest BCUT2D eigenvalue weighted by Gasteiger charge is 2.34. The number of aryl methyl sites for hydroxylation is 3. The monoisotopic (exact) mass is 393 g/mol. The summed E-state index contributed by atoms with van der Waals surface area (Å²) in [4.78, 5) is 17.6. The third kappa shape index (κ3) is 4.31. The topological polar surface area (TPSA) is 44.8 Å². The predicted molar refractivity (Wildman–Crippen MR) is 118 cm³/mol. The Morgan fingerprint density at radius 2 is 1.72 bits per heavy atom. The first-order valence-corrected chi connectivity index (χ1v) is 10.6. The fourth-order valence-electron chi connectivity index (χ4n) is 4.62. The molecule has 2 heterocycles. The summed E-state index contributed by atoms with van der Waals surface area (Å²) in [6, 6.07) is 12.5. The van der Waals surface area contributed by atoms with E-state index in [-0.39, 0.29) is 11.9 Å². The predicted octanol–water partition coefficient (Wildman–Crippen LogP) is 3.66. The van der Waals surface area contributed by atoms with Crippen molar-refractivity contribution < 1.29 is 9.53 Å². The van der Waals surface area contributed by atoms with Crippen LogP contribution < -0.4 is 10.2 Å². The van der Waals surface area contributed by atoms with Crippen LogP contribution in [0.2, 0.25) is 0 Å². The summed E-state index contributed by atoms with van der Waals surface area (Å²) in [7, 11) is 0. The molecule has 0 saturated carbocycles. The average molecular weight is 394 g/mol. The smallest absolute Gasteiger partial charge is 0.249 e. The van der Waals surface area contributed by atoms with E-state index in [1.54, 1.807) is 0 Å². The van der Waals surface area contributed by atoms with Gasteiger partial charge in [-0.05, 0) is 49.9 Å². The molecule has 5 heteroatoms. The molecule has 2 fully saturated rings. The third-order valence-electron chi connectivity index (χ3n) is 5.96. The van der Waals surface area contributed by atoms with Crippen LogP contribution in [-0.4, -0.2) is 49.7 Å². The summed E-state index contributed by atoms with van der Waals surface area (Å²) in [6.07, 6.45) is 0.817. The zero-order chi connectivity index (χ0) is 20.4. The minimum absolute atomic E-state index is 0.168. The molecule has 5 nitrogen and oxygen atoms in total. The van der Waals surface area contributed by atoms with E-state index in [1.807, 2.05) is 11.0 Å². The molecule has 2 aliphatic heterocycles. The van der Waals surface area contributed by atoms with Gasteiger partial charge in [0.2, 0.25) is 5.91 Å². The van der Waals surface area contributed by atoms with Crippen LogP contribution in [0, 0.1) is 20.8 Å². The highest BCUT2D eigenvalue weighted by molar-refractivity contribution is 6.02. The van der Waals surface area contributed by atoms with Crippen LogP contribution in [0.3, 0.4) is 0 Å². The van der Waals surface area contributed by atoms with Gasteiger partial charge in [-0.2, -0.15) is 0 Å². The van der Waals surface area contributed by atoms with Gasteiger partial charge in [0.1, 0.15) is 6.04 Å². The normalized spacial score (nSPS) is 20.3. The molecule has 2 aliphatic rings. The average Bonchev–Trinajstić information content (AvgIpc) is 3.04. The number of ether oxygens (including phenoxy) is 1. The van der Waals surface area contributed by atoms with Crippen molar-refractivity contribution in [2.45, 2.75) is 39.8 Å². The van der Waals surface area contributed by atoms with E-state index in [2.05, 4.69) is 61.3 Å². The Morgan fingerprint density at radius 3 is 2.45 bits per heavy atom. The Morgan fingerprint density at radius 1 is 1.03 bits per heavy atom. The number of carbonyl (C=O) groups excluding carboxylic acids is 1. The maximum Gasteiger partial charge on any atom is 0.249 e. The van der Waals surface area contributed by atoms with Crippen LogP contribution in [-0.2, 0) is 16.1 Å². The quantitative estimate of drug-likeness (QED) is 0.842. The van der Waals surface area contributed by atoms with E-state index >= 15 is 0 Å². The van der Waals surface area contributed by atoms with Gasteiger partial charge in [-0.25, -0.2) is 0 Å². The Hall–Kier alpha value is -2.37. The maximum atomic E-state index is 13.2. The fraction of sp³-hybridized carbons (Fsp3) is 0.458. The number of amides is 1. The molecule has 0 radical (unpaired) electrons. The van der Waals surface area contributed by atoms with Crippen molar-refractivity contribution in [2.24, 2.45) is 0 Å². The highest BCUT2D eigenvalue weighted by atomic mass is 16.5. The molecule has 1 amide bonds. The van der Waals surface area contributed by atoms with Gasteiger partial charge in [0, 0.05) is 37.6 Å². The van der Waals surface area contributed by atoms with Crippen molar-refractivity contribution in [3.05, 3.63) is 58.7 Å². The van der Waals surface area contributed by atoms with Crippen molar-refractivity contribution in [3.63, 3.8) is 0 Å². The second-order valence-electron chi connectivity index (χ2n) is 8.27. The lowest BCUT2D eigenvalue weighted by molar-refractivity contribution is -0.117. The Kier molecular flexibility index (Phi) is 5.88. The number of para-hydroxylation sites is 1. The largest absolute Gasteiger partial charge is 0.379 e. The van der Waals surface area contributed by atoms with Crippen molar-refractivity contribution in [2.75, 3.05) is 43.1 Å². The molecule has 2 aromatic carbocycles. The van der Waals surface area contributed by atoms with Gasteiger partial charge in [0.25, 0.3) is 0 Å². The molecular weight excluding hydrogens is 362 g/mol. The summed E-state index contributed by atoms with van der Waals surface area (Å²) >= 11 is 0. The maximum absolute atomic E-state index is 13.2. The molecule has 29 heavy (non-hydrogen) atoms. The molecule has 0 bridgehead atoms. The zero-order valence-corrected chi connectivity index (χ0v) is 17.7. The van der Waals surface area contributed by atoms with Crippen LogP contribution in [0.4, 0.5) is 11.4 Å². The zero-order valence-electron chi connectivity index (χ0n) is 17.7. The van der Waals surface area contributed by atoms with Crippen molar-refractivity contribution in [3.8, 4) is 0 Å². The summed E-state index contributed by atoms with van der Waals surface area (Å²) in [6.45, 7) is 11.4. The molecule has 2 saturated heterocycles. The third-order valence-corrected chi connectivity index (χ3v) is 5.96. The van der Waals surface area contributed by atoms with Gasteiger partial charge >= 0.3 is 0 Å². The van der Waals surface area contributed by atoms with E-state index in [0.717, 1.165) is 57.2 Å². The van der Waals surface area contributed by atoms with E-state index in [1.165, 1.54) is 22.3 Å². The summed E-state index contributed by atoms with van der Waals surface area (Å²) in [5.41, 5.74) is 6.96. The first-order valence-electron chi connectivity index (χ1n) is 10.6. The van der Waals surface area contributed by atoms with Gasteiger partial charge in [0.05, 0.1) is 13.2 Å². The molecule has 154 valence electrons. The molecule has 0 aromatic heterocycles. The lowest BCUT2D eigenvalue weighted by Gasteiger charge is -2.28. The molecule has 0 spiro atoms. The number of hydrogen-bond acceptors (Lipinski definition) is 4. The van der Waals surface area contributed by atoms with Gasteiger partial charge in [0.15, 0.2) is 0 Å². The van der Waals surface area contributed by atoms with Crippen molar-refractivity contribution in [1.29, 1.82) is 0 Å². The second-order valence-corrected chi connectivity index (χ2v) is 8.27. The molecule has 1 atom stereocenters. The van der Waals surface area contributed by atoms with E-state index in [4.69, 9.17) is 4.74 Å². The lowest BCUT2D eigenvalue weighted by atomic mass is 10.0. The number of carbonyl (C=O) groups is 1. The van der Waals surface area contributed by atoms with E-state index < -0.39 is 0 Å². The number of rotatable bonds is 5. The minimum atomic E-state index is -0.180. The Bertz CT molecular complexity index is 866. The second kappa shape index (κ2) is 8.56. The molecule has 1 N–H and O–H groups in total. The minimum Gasteiger partial charge on any atom is -0.379 e. The SMILES string of the molecule is Cc1cc(C)c(N2CC[C@H](Nc3ccccc3CN3CCOCC3)C2=O)c(C)c1. The molecule has 0 aliphatic carbocycles. The number of nitrogens with one attached hydrogen (secondary N) is 1. The first-order chi connectivity index (χ1) is 14.0. The first kappa shape index (κ1) is 19.9.